The summed E-state index contributed by atoms with van der Waals surface area (Å²) in [5.41, 5.74) is 4.03. The van der Waals surface area contributed by atoms with Crippen LogP contribution in [0.25, 0.3) is 11.3 Å². The van der Waals surface area contributed by atoms with Crippen LogP contribution < -0.4 is 14.9 Å². The number of aryl methyl sites for hydroxylation is 1. The Kier molecular flexibility index (Phi) is 6.46. The zero-order valence-electron chi connectivity index (χ0n) is 19.5. The van der Waals surface area contributed by atoms with E-state index in [-0.39, 0.29) is 12.1 Å². The van der Waals surface area contributed by atoms with Crippen LogP contribution in [0.15, 0.2) is 83.4 Å². The largest absolute Gasteiger partial charge is 0.459 e. The van der Waals surface area contributed by atoms with Gasteiger partial charge in [-0.25, -0.2) is 8.42 Å². The number of thiocarbonyl (C=S) groups is 1. The molecule has 7 nitrogen and oxygen atoms in total. The van der Waals surface area contributed by atoms with E-state index in [9.17, 15) is 8.42 Å². The van der Waals surface area contributed by atoms with Crippen molar-refractivity contribution in [3.05, 3.63) is 101 Å². The number of halogens is 1. The molecule has 0 saturated carbocycles. The third-order valence-electron chi connectivity index (χ3n) is 5.93. The number of sulfonamides is 1. The number of pyridine rings is 1. The Morgan fingerprint density at radius 3 is 2.56 bits per heavy atom. The van der Waals surface area contributed by atoms with Gasteiger partial charge in [-0.15, -0.1) is 0 Å². The first-order valence-corrected chi connectivity index (χ1v) is 13.8. The number of nitrogens with zero attached hydrogens (tertiary/aromatic N) is 2. The summed E-state index contributed by atoms with van der Waals surface area (Å²) in [6, 6.07) is 21.7. The second-order valence-corrected chi connectivity index (χ2v) is 11.2. The SMILES string of the molecule is Cc1ccc(Cl)cc1-c1ccc([C@@H]2[C@@H](c3ccccn3)NC(=S)N2c2ccc(NS(C)(=O)=O)cc2)o1. The molecule has 2 N–H and O–H groups in total. The fraction of sp³-hybridized carbons (Fsp3) is 0.154. The number of nitrogens with one attached hydrogen (secondary N) is 2. The number of furan rings is 1. The van der Waals surface area contributed by atoms with E-state index in [1.54, 1.807) is 18.3 Å². The number of hydrogen-bond acceptors (Lipinski definition) is 5. The zero-order chi connectivity index (χ0) is 25.4. The van der Waals surface area contributed by atoms with E-state index in [4.69, 9.17) is 28.2 Å². The van der Waals surface area contributed by atoms with Gasteiger partial charge in [-0.05, 0) is 85.4 Å². The maximum Gasteiger partial charge on any atom is 0.229 e. The molecule has 3 heterocycles. The average molecular weight is 539 g/mol. The Morgan fingerprint density at radius 2 is 1.86 bits per heavy atom. The van der Waals surface area contributed by atoms with Crippen LogP contribution in [0.2, 0.25) is 5.02 Å². The zero-order valence-corrected chi connectivity index (χ0v) is 21.9. The first-order valence-electron chi connectivity index (χ1n) is 11.1. The summed E-state index contributed by atoms with van der Waals surface area (Å²) < 4.78 is 32.1. The van der Waals surface area contributed by atoms with Gasteiger partial charge in [0.25, 0.3) is 0 Å². The van der Waals surface area contributed by atoms with Crippen LogP contribution in [-0.2, 0) is 10.0 Å². The monoisotopic (exact) mass is 538 g/mol. The summed E-state index contributed by atoms with van der Waals surface area (Å²) in [7, 11) is -3.38. The molecule has 2 aromatic carbocycles. The molecule has 1 aliphatic rings. The third kappa shape index (κ3) is 4.95. The maximum absolute atomic E-state index is 11.6. The summed E-state index contributed by atoms with van der Waals surface area (Å²) in [6.07, 6.45) is 2.86. The lowest BCUT2D eigenvalue weighted by atomic mass is 10.0. The summed E-state index contributed by atoms with van der Waals surface area (Å²) >= 11 is 12.0. The molecule has 0 spiro atoms. The van der Waals surface area contributed by atoms with Gasteiger partial charge in [0.2, 0.25) is 10.0 Å². The minimum absolute atomic E-state index is 0.271. The van der Waals surface area contributed by atoms with Crippen molar-refractivity contribution in [3.8, 4) is 11.3 Å². The van der Waals surface area contributed by atoms with Gasteiger partial charge < -0.3 is 14.6 Å². The highest BCUT2D eigenvalue weighted by atomic mass is 35.5. The van der Waals surface area contributed by atoms with Crippen LogP contribution in [0.4, 0.5) is 11.4 Å². The van der Waals surface area contributed by atoms with Gasteiger partial charge in [0.05, 0.1) is 18.0 Å². The molecular weight excluding hydrogens is 516 g/mol. The molecule has 0 amide bonds. The first kappa shape index (κ1) is 24.3. The van der Waals surface area contributed by atoms with E-state index in [0.29, 0.717) is 27.3 Å². The van der Waals surface area contributed by atoms with Crippen molar-refractivity contribution >= 4 is 50.3 Å². The van der Waals surface area contributed by atoms with Crippen molar-refractivity contribution in [2.75, 3.05) is 15.9 Å². The van der Waals surface area contributed by atoms with Crippen LogP contribution in [-0.4, -0.2) is 24.8 Å². The van der Waals surface area contributed by atoms with E-state index >= 15 is 0 Å². The van der Waals surface area contributed by atoms with Gasteiger partial charge in [0.15, 0.2) is 5.11 Å². The standard InChI is InChI=1S/C26H23ClN4O3S2/c1-16-6-7-17(27)15-20(16)22-12-13-23(34-22)25-24(21-5-3-4-14-28-21)29-26(35)31(25)19-10-8-18(9-11-19)30-36(2,32)33/h3-15,24-25,30H,1-2H3,(H,29,35)/t24-,25-/m1/s1. The molecule has 184 valence electrons. The minimum atomic E-state index is -3.38. The first-order chi connectivity index (χ1) is 17.2. The van der Waals surface area contributed by atoms with Crippen molar-refractivity contribution in [2.24, 2.45) is 0 Å². The molecule has 1 aliphatic heterocycles. The normalized spacial score (nSPS) is 17.8. The molecule has 0 unspecified atom stereocenters. The number of anilines is 2. The summed E-state index contributed by atoms with van der Waals surface area (Å²) in [4.78, 5) is 6.52. The quantitative estimate of drug-likeness (QED) is 0.298. The Labute approximate surface area is 220 Å². The smallest absolute Gasteiger partial charge is 0.229 e. The van der Waals surface area contributed by atoms with E-state index in [0.717, 1.165) is 28.8 Å². The van der Waals surface area contributed by atoms with Gasteiger partial charge >= 0.3 is 0 Å². The van der Waals surface area contributed by atoms with Crippen LogP contribution in [0.5, 0.6) is 0 Å². The minimum Gasteiger partial charge on any atom is -0.459 e. The molecule has 1 fully saturated rings. The lowest BCUT2D eigenvalue weighted by Gasteiger charge is -2.26. The molecule has 0 aliphatic carbocycles. The Hall–Kier alpha value is -3.40. The predicted molar refractivity (Wildman–Crippen MR) is 147 cm³/mol. The molecule has 36 heavy (non-hydrogen) atoms. The molecule has 0 bridgehead atoms. The van der Waals surface area contributed by atoms with Gasteiger partial charge in [0, 0.05) is 28.2 Å². The topological polar surface area (TPSA) is 87.5 Å². The molecule has 1 saturated heterocycles. The van der Waals surface area contributed by atoms with E-state index in [1.165, 1.54) is 0 Å². The van der Waals surface area contributed by atoms with Crippen molar-refractivity contribution in [1.29, 1.82) is 0 Å². The van der Waals surface area contributed by atoms with E-state index < -0.39 is 10.0 Å². The van der Waals surface area contributed by atoms with Crippen molar-refractivity contribution in [2.45, 2.75) is 19.0 Å². The Balaban J connectivity index is 1.57. The number of benzene rings is 2. The highest BCUT2D eigenvalue weighted by Gasteiger charge is 2.42. The highest BCUT2D eigenvalue weighted by molar-refractivity contribution is 7.92. The molecule has 5 rings (SSSR count). The van der Waals surface area contributed by atoms with Crippen LogP contribution >= 0.6 is 23.8 Å². The van der Waals surface area contributed by atoms with Crippen LogP contribution in [0, 0.1) is 6.92 Å². The Bertz CT molecular complexity index is 1520. The highest BCUT2D eigenvalue weighted by Crippen LogP contribution is 2.43. The molecule has 10 heteroatoms. The summed E-state index contributed by atoms with van der Waals surface area (Å²) in [6.45, 7) is 2.01. The molecule has 0 radical (unpaired) electrons. The maximum atomic E-state index is 11.6. The van der Waals surface area contributed by atoms with Gasteiger partial charge in [0.1, 0.15) is 17.6 Å². The predicted octanol–water partition coefficient (Wildman–Crippen LogP) is 5.85. The number of aromatic nitrogens is 1. The lowest BCUT2D eigenvalue weighted by molar-refractivity contribution is 0.439. The second kappa shape index (κ2) is 9.57. The molecular formula is C26H23ClN4O3S2. The van der Waals surface area contributed by atoms with Crippen molar-refractivity contribution in [3.63, 3.8) is 0 Å². The Morgan fingerprint density at radius 1 is 1.08 bits per heavy atom. The van der Waals surface area contributed by atoms with Gasteiger partial charge in [-0.1, -0.05) is 23.7 Å². The molecule has 4 aromatic rings. The number of rotatable bonds is 6. The van der Waals surface area contributed by atoms with Gasteiger partial charge in [-0.3, -0.25) is 9.71 Å². The molecule has 2 atom stereocenters. The van der Waals surface area contributed by atoms with Crippen LogP contribution in [0.3, 0.4) is 0 Å². The summed E-state index contributed by atoms with van der Waals surface area (Å²) in [5.74, 6) is 1.40. The van der Waals surface area contributed by atoms with E-state index in [2.05, 4.69) is 15.0 Å². The lowest BCUT2D eigenvalue weighted by Crippen LogP contribution is -2.29. The van der Waals surface area contributed by atoms with Crippen molar-refractivity contribution in [1.82, 2.24) is 10.3 Å². The summed E-state index contributed by atoms with van der Waals surface area (Å²) in [5, 5.41) is 4.53. The number of hydrogen-bond donors (Lipinski definition) is 2. The van der Waals surface area contributed by atoms with E-state index in [1.807, 2.05) is 72.5 Å². The second-order valence-electron chi connectivity index (χ2n) is 8.58. The third-order valence-corrected chi connectivity index (χ3v) is 7.09. The van der Waals surface area contributed by atoms with Gasteiger partial charge in [-0.2, -0.15) is 0 Å². The average Bonchev–Trinajstić information content (AvgIpc) is 3.45. The fourth-order valence-electron chi connectivity index (χ4n) is 4.34. The fourth-order valence-corrected chi connectivity index (χ4v) is 5.42. The van der Waals surface area contributed by atoms with Crippen LogP contribution in [0.1, 0.15) is 29.1 Å². The van der Waals surface area contributed by atoms with Crippen molar-refractivity contribution < 1.29 is 12.8 Å². The molecule has 2 aromatic heterocycles.